The number of imidazole rings is 1. The maximum atomic E-state index is 14.7. The Kier molecular flexibility index (Phi) is 4.52. The first kappa shape index (κ1) is 16.6. The fraction of sp³-hybridized carbons (Fsp3) is 0.350. The van der Waals surface area contributed by atoms with Gasteiger partial charge in [-0.05, 0) is 67.9 Å². The first-order chi connectivity index (χ1) is 12.2. The number of aromatic nitrogens is 2. The molecule has 3 aromatic rings. The first-order valence-electron chi connectivity index (χ1n) is 8.68. The highest BCUT2D eigenvalue weighted by molar-refractivity contribution is 7.98. The molecule has 1 aromatic heterocycles. The van der Waals surface area contributed by atoms with E-state index < -0.39 is 0 Å². The molecule has 2 heterocycles. The summed E-state index contributed by atoms with van der Waals surface area (Å²) in [5, 5.41) is 3.37. The average Bonchev–Trinajstić information content (AvgIpc) is 3.00. The van der Waals surface area contributed by atoms with Crippen LogP contribution in [0, 0.1) is 5.82 Å². The smallest absolute Gasteiger partial charge is 0.151 e. The molecule has 25 heavy (non-hydrogen) atoms. The zero-order chi connectivity index (χ0) is 17.4. The lowest BCUT2D eigenvalue weighted by Gasteiger charge is -2.23. The van der Waals surface area contributed by atoms with Crippen molar-refractivity contribution in [1.29, 1.82) is 0 Å². The van der Waals surface area contributed by atoms with Crippen LogP contribution in [0.4, 0.5) is 4.39 Å². The molecule has 1 N–H and O–H groups in total. The van der Waals surface area contributed by atoms with E-state index in [1.807, 2.05) is 11.6 Å². The van der Waals surface area contributed by atoms with Gasteiger partial charge < -0.3 is 9.88 Å². The molecule has 1 fully saturated rings. The van der Waals surface area contributed by atoms with Gasteiger partial charge in [0.1, 0.15) is 11.3 Å². The number of nitrogens with one attached hydrogen (secondary N) is 1. The van der Waals surface area contributed by atoms with Crippen LogP contribution in [0.1, 0.15) is 24.3 Å². The maximum absolute atomic E-state index is 14.7. The van der Waals surface area contributed by atoms with Crippen molar-refractivity contribution >= 4 is 22.8 Å². The van der Waals surface area contributed by atoms with Gasteiger partial charge in [0.05, 0.1) is 5.52 Å². The second-order valence-electron chi connectivity index (χ2n) is 6.62. The molecule has 0 aliphatic carbocycles. The second-order valence-corrected chi connectivity index (χ2v) is 7.50. The van der Waals surface area contributed by atoms with E-state index in [-0.39, 0.29) is 5.82 Å². The first-order valence-corrected chi connectivity index (χ1v) is 9.91. The lowest BCUT2D eigenvalue weighted by atomic mass is 9.90. The van der Waals surface area contributed by atoms with Gasteiger partial charge in [0.25, 0.3) is 0 Å². The minimum absolute atomic E-state index is 0.214. The van der Waals surface area contributed by atoms with Crippen LogP contribution in [0.15, 0.2) is 41.3 Å². The Balaban J connectivity index is 1.79. The van der Waals surface area contributed by atoms with Gasteiger partial charge in [-0.15, -0.1) is 11.8 Å². The molecular weight excluding hydrogens is 333 g/mol. The Bertz CT molecular complexity index is 895. The molecule has 0 spiro atoms. The summed E-state index contributed by atoms with van der Waals surface area (Å²) in [6.45, 7) is 2.01. The Labute approximate surface area is 151 Å². The number of halogens is 1. The molecule has 0 bridgehead atoms. The summed E-state index contributed by atoms with van der Waals surface area (Å²) in [5.74, 6) is 1.02. The quantitative estimate of drug-likeness (QED) is 0.698. The Morgan fingerprint density at radius 2 is 1.88 bits per heavy atom. The Morgan fingerprint density at radius 3 is 2.56 bits per heavy atom. The third kappa shape index (κ3) is 3.07. The van der Waals surface area contributed by atoms with Crippen LogP contribution >= 0.6 is 11.8 Å². The minimum atomic E-state index is -0.214. The Hall–Kier alpha value is -1.85. The van der Waals surface area contributed by atoms with Crippen molar-refractivity contribution in [3.8, 4) is 11.4 Å². The van der Waals surface area contributed by atoms with Crippen LogP contribution in [-0.2, 0) is 7.05 Å². The van der Waals surface area contributed by atoms with Crippen molar-refractivity contribution in [1.82, 2.24) is 14.9 Å². The molecule has 1 saturated heterocycles. The highest BCUT2D eigenvalue weighted by Gasteiger charge is 2.20. The van der Waals surface area contributed by atoms with E-state index in [2.05, 4.69) is 46.9 Å². The molecule has 1 aliphatic rings. The van der Waals surface area contributed by atoms with Gasteiger partial charge in [-0.3, -0.25) is 0 Å². The third-order valence-corrected chi connectivity index (χ3v) is 5.86. The van der Waals surface area contributed by atoms with Gasteiger partial charge in [-0.1, -0.05) is 12.1 Å². The zero-order valence-corrected chi connectivity index (χ0v) is 15.4. The summed E-state index contributed by atoms with van der Waals surface area (Å²) in [6, 6.07) is 12.1. The van der Waals surface area contributed by atoms with Gasteiger partial charge in [-0.25, -0.2) is 9.37 Å². The lowest BCUT2D eigenvalue weighted by molar-refractivity contribution is 0.459. The van der Waals surface area contributed by atoms with Crippen molar-refractivity contribution in [2.24, 2.45) is 7.05 Å². The van der Waals surface area contributed by atoms with Crippen LogP contribution in [0.25, 0.3) is 22.4 Å². The van der Waals surface area contributed by atoms with Crippen LogP contribution in [0.5, 0.6) is 0 Å². The fourth-order valence-corrected chi connectivity index (χ4v) is 4.06. The Morgan fingerprint density at radius 1 is 1.16 bits per heavy atom. The average molecular weight is 355 g/mol. The molecular formula is C20H22FN3S. The number of thioether (sulfide) groups is 1. The molecule has 2 aromatic carbocycles. The van der Waals surface area contributed by atoms with Gasteiger partial charge in [0.2, 0.25) is 0 Å². The summed E-state index contributed by atoms with van der Waals surface area (Å²) >= 11 is 1.71. The number of hydrogen-bond donors (Lipinski definition) is 1. The molecule has 5 heteroatoms. The maximum Gasteiger partial charge on any atom is 0.151 e. The van der Waals surface area contributed by atoms with E-state index in [4.69, 9.17) is 0 Å². The van der Waals surface area contributed by atoms with Crippen molar-refractivity contribution in [3.63, 3.8) is 0 Å². The van der Waals surface area contributed by atoms with E-state index in [1.165, 1.54) is 4.90 Å². The molecule has 4 rings (SSSR count). The van der Waals surface area contributed by atoms with Crippen LogP contribution < -0.4 is 5.32 Å². The van der Waals surface area contributed by atoms with Crippen molar-refractivity contribution in [2.75, 3.05) is 19.3 Å². The largest absolute Gasteiger partial charge is 0.327 e. The second kappa shape index (κ2) is 6.81. The number of benzene rings is 2. The molecule has 0 radical (unpaired) electrons. The number of piperidine rings is 1. The van der Waals surface area contributed by atoms with Crippen molar-refractivity contribution < 1.29 is 4.39 Å². The standard InChI is InChI=1S/C20H22FN3S/c1-24-18-12-15(13-7-9-22-10-8-13)11-17(21)19(18)23-20(24)14-3-5-16(25-2)6-4-14/h3-6,11-13,22H,7-10H2,1-2H3. The van der Waals surface area contributed by atoms with E-state index >= 15 is 0 Å². The number of nitrogens with zero attached hydrogens (tertiary/aromatic N) is 2. The van der Waals surface area contributed by atoms with Crippen molar-refractivity contribution in [3.05, 3.63) is 47.8 Å². The predicted molar refractivity (Wildman–Crippen MR) is 103 cm³/mol. The van der Waals surface area contributed by atoms with E-state index in [0.717, 1.165) is 48.4 Å². The number of aryl methyl sites for hydroxylation is 1. The summed E-state index contributed by atoms with van der Waals surface area (Å²) in [7, 11) is 1.97. The summed E-state index contributed by atoms with van der Waals surface area (Å²) in [5.41, 5.74) is 3.44. The topological polar surface area (TPSA) is 29.9 Å². The molecule has 0 amide bonds. The van der Waals surface area contributed by atoms with Crippen LogP contribution in [0.2, 0.25) is 0 Å². The number of rotatable bonds is 3. The molecule has 0 saturated carbocycles. The lowest BCUT2D eigenvalue weighted by Crippen LogP contribution is -2.26. The third-order valence-electron chi connectivity index (χ3n) is 5.12. The highest BCUT2D eigenvalue weighted by Crippen LogP contribution is 2.32. The number of fused-ring (bicyclic) bond motifs is 1. The van der Waals surface area contributed by atoms with E-state index in [1.54, 1.807) is 17.8 Å². The minimum Gasteiger partial charge on any atom is -0.327 e. The van der Waals surface area contributed by atoms with Gasteiger partial charge in [-0.2, -0.15) is 0 Å². The number of hydrogen-bond acceptors (Lipinski definition) is 3. The van der Waals surface area contributed by atoms with Crippen molar-refractivity contribution in [2.45, 2.75) is 23.7 Å². The molecule has 0 atom stereocenters. The van der Waals surface area contributed by atoms with Gasteiger partial charge in [0.15, 0.2) is 5.82 Å². The molecule has 130 valence electrons. The van der Waals surface area contributed by atoms with Crippen LogP contribution in [-0.4, -0.2) is 28.9 Å². The SMILES string of the molecule is CSc1ccc(-c2nc3c(F)cc(C4CCNCC4)cc3n2C)cc1. The van der Waals surface area contributed by atoms with E-state index in [0.29, 0.717) is 11.4 Å². The normalized spacial score (nSPS) is 15.8. The van der Waals surface area contributed by atoms with E-state index in [9.17, 15) is 4.39 Å². The van der Waals surface area contributed by atoms with Crippen LogP contribution in [0.3, 0.4) is 0 Å². The fourth-order valence-electron chi connectivity index (χ4n) is 3.66. The highest BCUT2D eigenvalue weighted by atomic mass is 32.2. The van der Waals surface area contributed by atoms with Gasteiger partial charge >= 0.3 is 0 Å². The molecule has 0 unspecified atom stereocenters. The van der Waals surface area contributed by atoms with Gasteiger partial charge in [0, 0.05) is 17.5 Å². The molecule has 3 nitrogen and oxygen atoms in total. The molecule has 1 aliphatic heterocycles. The summed E-state index contributed by atoms with van der Waals surface area (Å²) in [6.07, 6.45) is 4.18. The zero-order valence-electron chi connectivity index (χ0n) is 14.6. The predicted octanol–water partition coefficient (Wildman–Crippen LogP) is 4.57. The summed E-state index contributed by atoms with van der Waals surface area (Å²) < 4.78 is 16.7. The summed E-state index contributed by atoms with van der Waals surface area (Å²) in [4.78, 5) is 5.80. The monoisotopic (exact) mass is 355 g/mol.